The first-order valence-electron chi connectivity index (χ1n) is 15.3. The van der Waals surface area contributed by atoms with Gasteiger partial charge in [-0.1, -0.05) is 24.3 Å². The summed E-state index contributed by atoms with van der Waals surface area (Å²) in [5.74, 6) is -5.54. The second-order valence-corrected chi connectivity index (χ2v) is 11.8. The Morgan fingerprint density at radius 3 is 1.04 bits per heavy atom. The molecule has 7 aromatic rings. The zero-order chi connectivity index (χ0) is 36.0. The number of carboxylic acids is 4. The maximum Gasteiger partial charge on any atom is 0.164 e. The van der Waals surface area contributed by atoms with E-state index >= 15 is 0 Å². The fourth-order valence-corrected chi connectivity index (χ4v) is 6.30. The summed E-state index contributed by atoms with van der Waals surface area (Å²) in [4.78, 5) is 81.8. The van der Waals surface area contributed by atoms with E-state index in [-0.39, 0.29) is 102 Å². The first-order chi connectivity index (χ1) is 25.0. The van der Waals surface area contributed by atoms with Gasteiger partial charge in [0, 0.05) is 60.9 Å². The van der Waals surface area contributed by atoms with Crippen molar-refractivity contribution in [1.29, 1.82) is 0 Å². The minimum absolute atomic E-state index is 0. The molecule has 0 atom stereocenters. The molecule has 0 unspecified atom stereocenters. The van der Waals surface area contributed by atoms with Crippen LogP contribution in [0.15, 0.2) is 72.8 Å². The van der Waals surface area contributed by atoms with Crippen molar-refractivity contribution in [2.75, 3.05) is 0 Å². The van der Waals surface area contributed by atoms with Gasteiger partial charge in [-0.2, -0.15) is 0 Å². The van der Waals surface area contributed by atoms with Crippen LogP contribution in [0.5, 0.6) is 0 Å². The van der Waals surface area contributed by atoms with Gasteiger partial charge in [0.2, 0.25) is 0 Å². The van der Waals surface area contributed by atoms with Crippen molar-refractivity contribution in [3.8, 4) is 45.6 Å². The predicted octanol–water partition coefficient (Wildman–Crippen LogP) is 0.321. The Hall–Kier alpha value is -7.36. The van der Waals surface area contributed by atoms with E-state index < -0.39 is 23.9 Å². The largest absolute Gasteiger partial charge is 0.545 e. The molecular weight excluding hydrogens is 728 g/mol. The van der Waals surface area contributed by atoms with E-state index in [2.05, 4.69) is 19.9 Å². The van der Waals surface area contributed by atoms with E-state index in [9.17, 15) is 39.6 Å². The van der Waals surface area contributed by atoms with Crippen LogP contribution in [-0.4, -0.2) is 63.7 Å². The van der Waals surface area contributed by atoms with Crippen LogP contribution in [0, 0.1) is 0 Å². The van der Waals surface area contributed by atoms with E-state index in [1.165, 1.54) is 72.8 Å². The first-order valence-corrected chi connectivity index (χ1v) is 15.3. The summed E-state index contributed by atoms with van der Waals surface area (Å²) in [5, 5.41) is 48.9. The van der Waals surface area contributed by atoms with Crippen LogP contribution in [-0.2, 0) is 17.1 Å². The molecule has 2 aliphatic rings. The summed E-state index contributed by atoms with van der Waals surface area (Å²) in [6.07, 6.45) is 0. The third-order valence-electron chi connectivity index (χ3n) is 8.77. The molecule has 258 valence electrons. The van der Waals surface area contributed by atoms with Gasteiger partial charge < -0.3 is 49.6 Å². The number of rotatable bonds is 4. The number of aromatic carboxylic acids is 4. The molecule has 53 heavy (non-hydrogen) atoms. The van der Waals surface area contributed by atoms with Gasteiger partial charge in [-0.15, -0.1) is 0 Å². The fraction of sp³-hybridized carbons (Fsp3) is 0. The second kappa shape index (κ2) is 11.9. The smallest absolute Gasteiger partial charge is 0.164 e. The number of hydrogen-bond acceptors (Lipinski definition) is 14. The summed E-state index contributed by atoms with van der Waals surface area (Å²) < 4.78 is 0. The van der Waals surface area contributed by atoms with Crippen molar-refractivity contribution in [1.82, 2.24) is 39.9 Å². The van der Waals surface area contributed by atoms with Crippen LogP contribution in [0.25, 0.3) is 89.7 Å². The number of hydrogen-bond donors (Lipinski definition) is 2. The third-order valence-corrected chi connectivity index (χ3v) is 8.77. The minimum atomic E-state index is -1.45. The van der Waals surface area contributed by atoms with Crippen molar-refractivity contribution in [3.05, 3.63) is 95.1 Å². The average Bonchev–Trinajstić information content (AvgIpc) is 3.85. The molecule has 16 nitrogen and oxygen atoms in total. The minimum Gasteiger partial charge on any atom is -0.545 e. The molecule has 5 heterocycles. The fourth-order valence-electron chi connectivity index (χ4n) is 6.30. The van der Waals surface area contributed by atoms with Crippen molar-refractivity contribution >= 4 is 68.0 Å². The number of carboxylic acid groups (broad SMARTS) is 4. The van der Waals surface area contributed by atoms with E-state index in [0.717, 1.165) is 0 Å². The molecule has 3 aromatic heterocycles. The molecule has 0 saturated heterocycles. The molecule has 0 spiro atoms. The van der Waals surface area contributed by atoms with Crippen molar-refractivity contribution in [2.24, 2.45) is 0 Å². The second-order valence-electron chi connectivity index (χ2n) is 11.8. The predicted molar refractivity (Wildman–Crippen MR) is 173 cm³/mol. The van der Waals surface area contributed by atoms with Crippen LogP contribution >= 0.6 is 0 Å². The Kier molecular flexibility index (Phi) is 7.35. The number of carbonyl (C=O) groups is 4. The number of fused-ring (bicyclic) bond motifs is 20. The van der Waals surface area contributed by atoms with Crippen LogP contribution in [0.1, 0.15) is 41.4 Å². The molecule has 9 rings (SSSR count). The summed E-state index contributed by atoms with van der Waals surface area (Å²) in [5.41, 5.74) is 1.28. The summed E-state index contributed by atoms with van der Waals surface area (Å²) in [7, 11) is 0. The summed E-state index contributed by atoms with van der Waals surface area (Å²) in [6, 6.07) is 16.6. The average molecular weight is 742 g/mol. The first kappa shape index (κ1) is 32.8. The van der Waals surface area contributed by atoms with Crippen molar-refractivity contribution in [2.45, 2.75) is 0 Å². The van der Waals surface area contributed by atoms with Crippen molar-refractivity contribution < 1.29 is 56.7 Å². The van der Waals surface area contributed by atoms with Gasteiger partial charge in [0.15, 0.2) is 23.3 Å². The van der Waals surface area contributed by atoms with Gasteiger partial charge in [0.1, 0.15) is 22.6 Å². The summed E-state index contributed by atoms with van der Waals surface area (Å²) >= 11 is 0. The zero-order valence-electron chi connectivity index (χ0n) is 26.2. The molecule has 0 radical (unpaired) electrons. The Balaban J connectivity index is 0.00000400. The topological polar surface area (TPSA) is 269 Å². The molecule has 2 aliphatic heterocycles. The van der Waals surface area contributed by atoms with Crippen LogP contribution in [0.4, 0.5) is 0 Å². The molecule has 8 bridgehead atoms. The SMILES string of the molecule is O=C([O-])c1ccc2c(c1)-c1nc-2nc2[nH]c(nc3nc(nc4[nH]c(n1)c1ccc(C(=O)[O-])cc41)-c1cc(C(=O)[O-])ccc1-3)c1ccc(C(=O)[O-])cc21.[Fe]. The molecule has 0 fully saturated rings. The van der Waals surface area contributed by atoms with Gasteiger partial charge in [-0.05, 0) is 70.8 Å². The van der Waals surface area contributed by atoms with Crippen LogP contribution in [0.3, 0.4) is 0 Å². The number of benzene rings is 4. The van der Waals surface area contributed by atoms with Crippen LogP contribution < -0.4 is 20.4 Å². The monoisotopic (exact) mass is 742 g/mol. The Morgan fingerprint density at radius 2 is 0.679 bits per heavy atom. The van der Waals surface area contributed by atoms with Gasteiger partial charge in [0.25, 0.3) is 0 Å². The molecule has 0 saturated carbocycles. The van der Waals surface area contributed by atoms with E-state index in [4.69, 9.17) is 19.9 Å². The normalized spacial score (nSPS) is 11.5. The zero-order valence-corrected chi connectivity index (χ0v) is 27.3. The number of carbonyl (C=O) groups excluding carboxylic acids is 4. The van der Waals surface area contributed by atoms with Gasteiger partial charge in [-0.3, -0.25) is 0 Å². The molecule has 0 amide bonds. The molecule has 0 aliphatic carbocycles. The van der Waals surface area contributed by atoms with E-state index in [1.54, 1.807) is 0 Å². The summed E-state index contributed by atoms with van der Waals surface area (Å²) in [6.45, 7) is 0. The van der Waals surface area contributed by atoms with Gasteiger partial charge >= 0.3 is 0 Å². The molecule has 17 heteroatoms. The van der Waals surface area contributed by atoms with Gasteiger partial charge in [-0.25, -0.2) is 29.9 Å². The maximum atomic E-state index is 11.9. The number of H-pyrrole nitrogens is 2. The Morgan fingerprint density at radius 1 is 0.377 bits per heavy atom. The Labute approximate surface area is 304 Å². The number of nitrogens with zero attached hydrogens (tertiary/aromatic N) is 6. The third kappa shape index (κ3) is 5.22. The van der Waals surface area contributed by atoms with E-state index in [0.29, 0.717) is 27.3 Å². The van der Waals surface area contributed by atoms with Crippen molar-refractivity contribution in [3.63, 3.8) is 0 Å². The number of aromatic nitrogens is 8. The molecular formula is C36H14FeN8O8-4. The van der Waals surface area contributed by atoms with E-state index in [1.807, 2.05) is 0 Å². The molecule has 2 N–H and O–H groups in total. The van der Waals surface area contributed by atoms with Gasteiger partial charge in [0.05, 0.1) is 23.9 Å². The van der Waals surface area contributed by atoms with Crippen LogP contribution in [0.2, 0.25) is 0 Å². The quantitative estimate of drug-likeness (QED) is 0.230. The number of aromatic amines is 2. The number of nitrogens with one attached hydrogen (secondary N) is 2. The Bertz CT molecular complexity index is 3010. The standard InChI is InChI=1S/C36H18N8O8.Fe/c45-33(46)13-1-5-17-21(9-13)29-38-25(17)37-26-18-6-2-15(35(49)50)11-23(18)31(39-26)44-32-24-12-16(36(51)52)4-8-20(24)28(43-32)42-30-22-10-14(34(47)48)3-7-19(22)27(40-29)41-30;/h1-12H,(H,45,46)(H,47,48)(H,49,50)(H,51,52)(H2,37,38,39,40,41,42,43,44);/p-4. The maximum absolute atomic E-state index is 11.9. The molecule has 4 aromatic carbocycles.